The van der Waals surface area contributed by atoms with E-state index in [-0.39, 0.29) is 16.4 Å². The fourth-order valence-electron chi connectivity index (χ4n) is 2.79. The van der Waals surface area contributed by atoms with Crippen LogP contribution in [0, 0.1) is 0 Å². The number of nitrogens with zero attached hydrogens (tertiary/aromatic N) is 1. The van der Waals surface area contributed by atoms with Crippen LogP contribution in [0.4, 0.5) is 4.79 Å². The molecule has 2 heterocycles. The Balaban J connectivity index is 1.58. The Morgan fingerprint density at radius 1 is 1.26 bits per heavy atom. The van der Waals surface area contributed by atoms with Crippen LogP contribution in [0.2, 0.25) is 0 Å². The van der Waals surface area contributed by atoms with Gasteiger partial charge < -0.3 is 5.32 Å². The number of hydrogen-bond acceptors (Lipinski definition) is 6. The summed E-state index contributed by atoms with van der Waals surface area (Å²) in [6.07, 6.45) is 5.37. The van der Waals surface area contributed by atoms with E-state index in [0.29, 0.717) is 6.42 Å². The molecule has 2 saturated heterocycles. The molecule has 0 aliphatic carbocycles. The Bertz CT molecular complexity index is 922. The highest BCUT2D eigenvalue weighted by atomic mass is 32.2. The average Bonchev–Trinajstić information content (AvgIpc) is 3.09. The quantitative estimate of drug-likeness (QED) is 0.745. The number of sulfone groups is 1. The minimum Gasteiger partial charge on any atom is -0.351 e. The maximum absolute atomic E-state index is 12.3. The lowest BCUT2D eigenvalue weighted by molar-refractivity contribution is -0.129. The maximum Gasteiger partial charge on any atom is 0.294 e. The summed E-state index contributed by atoms with van der Waals surface area (Å²) in [5.41, 5.74) is 0.957. The molecule has 7 nitrogen and oxygen atoms in total. The number of amides is 3. The number of carbonyl (C=O) groups excluding carboxylic acids is 3. The molecule has 1 aromatic carbocycles. The first-order valence-corrected chi connectivity index (χ1v) is 10.9. The van der Waals surface area contributed by atoms with Gasteiger partial charge in [0.25, 0.3) is 11.1 Å². The van der Waals surface area contributed by atoms with Gasteiger partial charge in [0.05, 0.1) is 16.4 Å². The first-order valence-electron chi connectivity index (χ1n) is 8.31. The number of hydrogen-bond donors (Lipinski definition) is 1. The molecular formula is C18H18N2O5S2. The summed E-state index contributed by atoms with van der Waals surface area (Å²) in [5, 5.41) is 2.06. The number of allylic oxidation sites excluding steroid dienone is 2. The van der Waals surface area contributed by atoms with Gasteiger partial charge in [-0.25, -0.2) is 8.42 Å². The number of rotatable bonds is 5. The molecule has 1 aromatic rings. The Morgan fingerprint density at radius 3 is 2.67 bits per heavy atom. The van der Waals surface area contributed by atoms with Gasteiger partial charge in [-0.2, -0.15) is 0 Å². The van der Waals surface area contributed by atoms with Gasteiger partial charge in [-0.05, 0) is 29.8 Å². The van der Waals surface area contributed by atoms with Crippen molar-refractivity contribution in [2.75, 3.05) is 18.1 Å². The molecule has 9 heteroatoms. The normalized spacial score (nSPS) is 23.5. The van der Waals surface area contributed by atoms with Crippen LogP contribution in [-0.2, 0) is 19.4 Å². The second-order valence-electron chi connectivity index (χ2n) is 6.23. The SMILES string of the molecule is O=C(CN1C(=O)S/C(=C/C=C/c2ccccc2)C1=O)N[C@H]1CCS(=O)(=O)C1. The molecule has 3 amide bonds. The Kier molecular flexibility index (Phi) is 5.81. The molecule has 3 rings (SSSR count). The summed E-state index contributed by atoms with van der Waals surface area (Å²) in [7, 11) is -3.11. The number of benzene rings is 1. The van der Waals surface area contributed by atoms with E-state index in [4.69, 9.17) is 0 Å². The van der Waals surface area contributed by atoms with Gasteiger partial charge in [0.1, 0.15) is 6.54 Å². The summed E-state index contributed by atoms with van der Waals surface area (Å²) in [6, 6.07) is 9.03. The molecule has 0 saturated carbocycles. The number of carbonyl (C=O) groups is 3. The van der Waals surface area contributed by atoms with Crippen LogP contribution in [0.5, 0.6) is 0 Å². The van der Waals surface area contributed by atoms with Crippen LogP contribution in [0.3, 0.4) is 0 Å². The van der Waals surface area contributed by atoms with Crippen LogP contribution in [0.1, 0.15) is 12.0 Å². The number of imide groups is 1. The predicted molar refractivity (Wildman–Crippen MR) is 103 cm³/mol. The van der Waals surface area contributed by atoms with Crippen LogP contribution in [-0.4, -0.2) is 54.5 Å². The zero-order valence-electron chi connectivity index (χ0n) is 14.3. The zero-order chi connectivity index (χ0) is 19.4. The van der Waals surface area contributed by atoms with Crippen molar-refractivity contribution >= 4 is 44.7 Å². The molecule has 0 bridgehead atoms. The molecule has 2 aliphatic heterocycles. The van der Waals surface area contributed by atoms with Crippen molar-refractivity contribution in [2.45, 2.75) is 12.5 Å². The Morgan fingerprint density at radius 2 is 2.00 bits per heavy atom. The molecule has 0 unspecified atom stereocenters. The second-order valence-corrected chi connectivity index (χ2v) is 9.45. The summed E-state index contributed by atoms with van der Waals surface area (Å²) in [5.74, 6) is -1.14. The van der Waals surface area contributed by atoms with Gasteiger partial charge >= 0.3 is 0 Å². The summed E-state index contributed by atoms with van der Waals surface area (Å²) in [6.45, 7) is -0.416. The van der Waals surface area contributed by atoms with Gasteiger partial charge in [-0.3, -0.25) is 19.3 Å². The fourth-order valence-corrected chi connectivity index (χ4v) is 5.25. The highest BCUT2D eigenvalue weighted by Gasteiger charge is 2.37. The Labute approximate surface area is 161 Å². The van der Waals surface area contributed by atoms with Gasteiger partial charge in [0.2, 0.25) is 5.91 Å². The molecule has 1 N–H and O–H groups in total. The van der Waals surface area contributed by atoms with E-state index >= 15 is 0 Å². The van der Waals surface area contributed by atoms with Crippen LogP contribution < -0.4 is 5.32 Å². The second kappa shape index (κ2) is 8.10. The maximum atomic E-state index is 12.3. The number of nitrogens with one attached hydrogen (secondary N) is 1. The van der Waals surface area contributed by atoms with E-state index in [1.807, 2.05) is 30.3 Å². The Hall–Kier alpha value is -2.39. The van der Waals surface area contributed by atoms with Crippen molar-refractivity contribution in [3.05, 3.63) is 53.0 Å². The molecule has 142 valence electrons. The molecular weight excluding hydrogens is 388 g/mol. The van der Waals surface area contributed by atoms with Crippen LogP contribution in [0.25, 0.3) is 6.08 Å². The van der Waals surface area contributed by atoms with Gasteiger partial charge in [-0.1, -0.05) is 42.5 Å². The molecule has 27 heavy (non-hydrogen) atoms. The third-order valence-electron chi connectivity index (χ3n) is 4.11. The minimum absolute atomic E-state index is 0.0377. The predicted octanol–water partition coefficient (Wildman–Crippen LogP) is 1.58. The van der Waals surface area contributed by atoms with E-state index < -0.39 is 39.5 Å². The van der Waals surface area contributed by atoms with Crippen molar-refractivity contribution in [3.8, 4) is 0 Å². The van der Waals surface area contributed by atoms with E-state index in [1.165, 1.54) is 0 Å². The zero-order valence-corrected chi connectivity index (χ0v) is 16.0. The first-order chi connectivity index (χ1) is 12.8. The third kappa shape index (κ3) is 5.08. The molecule has 0 aromatic heterocycles. The monoisotopic (exact) mass is 406 g/mol. The van der Waals surface area contributed by atoms with Crippen molar-refractivity contribution in [1.29, 1.82) is 0 Å². The lowest BCUT2D eigenvalue weighted by Crippen LogP contribution is -2.43. The van der Waals surface area contributed by atoms with Crippen molar-refractivity contribution in [1.82, 2.24) is 10.2 Å². The van der Waals surface area contributed by atoms with E-state index in [0.717, 1.165) is 22.2 Å². The smallest absolute Gasteiger partial charge is 0.294 e. The molecule has 0 radical (unpaired) electrons. The molecule has 0 spiro atoms. The van der Waals surface area contributed by atoms with E-state index in [2.05, 4.69) is 5.32 Å². The standard InChI is InChI=1S/C18H18N2O5S2/c21-16(19-14-9-10-27(24,25)12-14)11-20-17(22)15(26-18(20)23)8-4-7-13-5-2-1-3-6-13/h1-8,14H,9-12H2,(H,19,21)/b7-4+,15-8+/t14-/m0/s1. The third-order valence-corrected chi connectivity index (χ3v) is 6.80. The molecule has 1 atom stereocenters. The van der Waals surface area contributed by atoms with Crippen LogP contribution in [0.15, 0.2) is 47.4 Å². The van der Waals surface area contributed by atoms with Gasteiger partial charge in [-0.15, -0.1) is 0 Å². The summed E-state index contributed by atoms with van der Waals surface area (Å²) < 4.78 is 22.9. The van der Waals surface area contributed by atoms with Crippen molar-refractivity contribution in [3.63, 3.8) is 0 Å². The first kappa shape index (κ1) is 19.4. The van der Waals surface area contributed by atoms with E-state index in [1.54, 1.807) is 18.2 Å². The lowest BCUT2D eigenvalue weighted by Gasteiger charge is -2.15. The largest absolute Gasteiger partial charge is 0.351 e. The summed E-state index contributed by atoms with van der Waals surface area (Å²) >= 11 is 0.773. The van der Waals surface area contributed by atoms with Crippen molar-refractivity contribution < 1.29 is 22.8 Å². The van der Waals surface area contributed by atoms with Crippen LogP contribution >= 0.6 is 11.8 Å². The molecule has 2 fully saturated rings. The molecule has 2 aliphatic rings. The van der Waals surface area contributed by atoms with Gasteiger partial charge in [0, 0.05) is 6.04 Å². The average molecular weight is 406 g/mol. The lowest BCUT2D eigenvalue weighted by atomic mass is 10.2. The highest BCUT2D eigenvalue weighted by Crippen LogP contribution is 2.30. The number of thioether (sulfide) groups is 1. The fraction of sp³-hybridized carbons (Fsp3) is 0.278. The van der Waals surface area contributed by atoms with Crippen molar-refractivity contribution in [2.24, 2.45) is 0 Å². The topological polar surface area (TPSA) is 101 Å². The van der Waals surface area contributed by atoms with Gasteiger partial charge in [0.15, 0.2) is 9.84 Å². The minimum atomic E-state index is -3.11. The van der Waals surface area contributed by atoms with E-state index in [9.17, 15) is 22.8 Å². The highest BCUT2D eigenvalue weighted by molar-refractivity contribution is 8.18. The summed E-state index contributed by atoms with van der Waals surface area (Å²) in [4.78, 5) is 37.5.